The summed E-state index contributed by atoms with van der Waals surface area (Å²) in [6.45, 7) is 1.74. The molecule has 2 aromatic heterocycles. The highest BCUT2D eigenvalue weighted by atomic mass is 35.5. The van der Waals surface area contributed by atoms with Crippen LogP contribution in [-0.2, 0) is 25.9 Å². The normalized spacial score (nSPS) is 22.9. The lowest BCUT2D eigenvalue weighted by atomic mass is 10.1. The van der Waals surface area contributed by atoms with E-state index in [9.17, 15) is 8.42 Å². The minimum Gasteiger partial charge on any atom is -0.249 e. The van der Waals surface area contributed by atoms with Crippen molar-refractivity contribution in [1.82, 2.24) is 9.97 Å². The van der Waals surface area contributed by atoms with Crippen LogP contribution in [0.15, 0.2) is 45.4 Å². The van der Waals surface area contributed by atoms with Gasteiger partial charge in [-0.15, -0.1) is 4.36 Å². The third-order valence-electron chi connectivity index (χ3n) is 5.14. The topological polar surface area (TPSA) is 108 Å². The predicted molar refractivity (Wildman–Crippen MR) is 127 cm³/mol. The Morgan fingerprint density at radius 2 is 1.90 bits per heavy atom. The Morgan fingerprint density at radius 1 is 1.26 bits per heavy atom. The molecule has 4 atom stereocenters. The standard InChI is InChI=1S/C11H15ClN2OS.C9H10ClN3OS/c1-13-16(15)6-2-3-10(16)7-9-4-5-11(12)14-8-9;1-7(15(2,14)13-6-11)8-3-4-9(10)12-5-8/h4-5,8,10H,2-3,6-7H2,1H3;3-5,7H,1-2H3. The second kappa shape index (κ2) is 11.2. The smallest absolute Gasteiger partial charge is 0.214 e. The summed E-state index contributed by atoms with van der Waals surface area (Å²) in [5, 5.41) is 9.12. The summed E-state index contributed by atoms with van der Waals surface area (Å²) < 4.78 is 31.8. The van der Waals surface area contributed by atoms with E-state index >= 15 is 0 Å². The summed E-state index contributed by atoms with van der Waals surface area (Å²) in [7, 11) is -2.85. The average Bonchev–Trinajstić information content (AvgIpc) is 3.11. The van der Waals surface area contributed by atoms with Crippen LogP contribution in [0.25, 0.3) is 0 Å². The van der Waals surface area contributed by atoms with Crippen molar-refractivity contribution >= 4 is 42.7 Å². The van der Waals surface area contributed by atoms with Crippen molar-refractivity contribution in [2.75, 3.05) is 19.1 Å². The van der Waals surface area contributed by atoms with Gasteiger partial charge < -0.3 is 0 Å². The first-order chi connectivity index (χ1) is 14.6. The summed E-state index contributed by atoms with van der Waals surface area (Å²) in [5.41, 5.74) is 1.85. The Bertz CT molecular complexity index is 1160. The van der Waals surface area contributed by atoms with Gasteiger partial charge in [0.1, 0.15) is 10.3 Å². The molecular weight excluding hydrogens is 477 g/mol. The molecule has 1 aliphatic rings. The summed E-state index contributed by atoms with van der Waals surface area (Å²) in [4.78, 5) is 7.93. The Balaban J connectivity index is 0.000000221. The van der Waals surface area contributed by atoms with Gasteiger partial charge in [0.2, 0.25) is 6.19 Å². The molecule has 0 radical (unpaired) electrons. The zero-order valence-corrected chi connectivity index (χ0v) is 20.7. The van der Waals surface area contributed by atoms with Crippen molar-refractivity contribution in [3.8, 4) is 6.19 Å². The second-order valence-electron chi connectivity index (χ2n) is 7.14. The average molecular weight is 502 g/mol. The van der Waals surface area contributed by atoms with Gasteiger partial charge in [-0.05, 0) is 49.4 Å². The number of halogens is 2. The molecular formula is C20H25Cl2N5O2S2. The maximum absolute atomic E-state index is 12.3. The molecule has 0 saturated carbocycles. The van der Waals surface area contributed by atoms with E-state index in [4.69, 9.17) is 28.5 Å². The van der Waals surface area contributed by atoms with Crippen LogP contribution in [0, 0.1) is 11.5 Å². The van der Waals surface area contributed by atoms with Gasteiger partial charge in [-0.2, -0.15) is 5.26 Å². The summed E-state index contributed by atoms with van der Waals surface area (Å²) >= 11 is 11.4. The first-order valence-electron chi connectivity index (χ1n) is 9.54. The molecule has 0 bridgehead atoms. The molecule has 2 aromatic rings. The maximum Gasteiger partial charge on any atom is 0.214 e. The monoisotopic (exact) mass is 501 g/mol. The van der Waals surface area contributed by atoms with Crippen molar-refractivity contribution < 1.29 is 8.42 Å². The molecule has 1 saturated heterocycles. The van der Waals surface area contributed by atoms with Gasteiger partial charge in [0.15, 0.2) is 0 Å². The van der Waals surface area contributed by atoms with E-state index in [1.807, 2.05) is 6.07 Å². The minimum absolute atomic E-state index is 0.181. The van der Waals surface area contributed by atoms with Gasteiger partial charge in [0, 0.05) is 46.4 Å². The van der Waals surface area contributed by atoms with Gasteiger partial charge in [0.25, 0.3) is 0 Å². The lowest BCUT2D eigenvalue weighted by molar-refractivity contribution is 0.666. The molecule has 0 spiro atoms. The summed E-state index contributed by atoms with van der Waals surface area (Å²) in [6, 6.07) is 7.07. The highest BCUT2D eigenvalue weighted by molar-refractivity contribution is 7.94. The van der Waals surface area contributed by atoms with Gasteiger partial charge in [-0.25, -0.2) is 22.7 Å². The Kier molecular flexibility index (Phi) is 9.25. The van der Waals surface area contributed by atoms with Crippen LogP contribution >= 0.6 is 23.2 Å². The van der Waals surface area contributed by atoms with E-state index in [0.717, 1.165) is 36.1 Å². The molecule has 4 unspecified atom stereocenters. The SMILES string of the molecule is CC(c1ccc(Cl)nc1)S(C)(=O)=NC#N.CN=S1(=O)CCCC1Cc1ccc(Cl)nc1. The van der Waals surface area contributed by atoms with E-state index in [1.54, 1.807) is 50.8 Å². The highest BCUT2D eigenvalue weighted by Crippen LogP contribution is 2.26. The Labute approximate surface area is 194 Å². The van der Waals surface area contributed by atoms with Gasteiger partial charge in [-0.3, -0.25) is 0 Å². The fraction of sp³-hybridized carbons (Fsp3) is 0.450. The lowest BCUT2D eigenvalue weighted by Gasteiger charge is -2.12. The van der Waals surface area contributed by atoms with E-state index in [2.05, 4.69) is 18.7 Å². The van der Waals surface area contributed by atoms with Gasteiger partial charge in [-0.1, -0.05) is 35.3 Å². The number of hydrogen-bond donors (Lipinski definition) is 0. The molecule has 3 rings (SSSR count). The van der Waals surface area contributed by atoms with Crippen LogP contribution in [0.2, 0.25) is 10.3 Å². The Hall–Kier alpha value is -1.73. The van der Waals surface area contributed by atoms with Crippen LogP contribution < -0.4 is 0 Å². The van der Waals surface area contributed by atoms with E-state index < -0.39 is 19.5 Å². The van der Waals surface area contributed by atoms with Crippen LogP contribution in [0.5, 0.6) is 0 Å². The molecule has 7 nitrogen and oxygen atoms in total. The molecule has 1 aliphatic heterocycles. The molecule has 0 aromatic carbocycles. The molecule has 11 heteroatoms. The number of rotatable bonds is 4. The minimum atomic E-state index is -2.55. The van der Waals surface area contributed by atoms with Crippen molar-refractivity contribution in [1.29, 1.82) is 5.26 Å². The van der Waals surface area contributed by atoms with Crippen LogP contribution in [0.1, 0.15) is 36.1 Å². The fourth-order valence-electron chi connectivity index (χ4n) is 3.17. The van der Waals surface area contributed by atoms with E-state index in [-0.39, 0.29) is 10.5 Å². The van der Waals surface area contributed by atoms with Crippen LogP contribution in [0.3, 0.4) is 0 Å². The number of nitrogens with zero attached hydrogens (tertiary/aromatic N) is 5. The molecule has 0 amide bonds. The molecule has 0 N–H and O–H groups in total. The number of nitriles is 1. The molecule has 0 aliphatic carbocycles. The molecule has 1 fully saturated rings. The molecule has 168 valence electrons. The first kappa shape index (κ1) is 25.5. The highest BCUT2D eigenvalue weighted by Gasteiger charge is 2.28. The fourth-order valence-corrected chi connectivity index (χ4v) is 6.74. The predicted octanol–water partition coefficient (Wildman–Crippen LogP) is 4.91. The van der Waals surface area contributed by atoms with Crippen molar-refractivity contribution in [3.63, 3.8) is 0 Å². The van der Waals surface area contributed by atoms with Crippen molar-refractivity contribution in [2.45, 2.75) is 36.7 Å². The number of pyridine rings is 2. The van der Waals surface area contributed by atoms with Crippen molar-refractivity contribution in [2.24, 2.45) is 8.73 Å². The van der Waals surface area contributed by atoms with Crippen LogP contribution in [-0.4, -0.2) is 42.7 Å². The first-order valence-corrected chi connectivity index (χ1v) is 14.0. The zero-order chi connectivity index (χ0) is 23.1. The zero-order valence-electron chi connectivity index (χ0n) is 17.6. The second-order valence-corrected chi connectivity index (χ2v) is 13.3. The Morgan fingerprint density at radius 3 is 2.42 bits per heavy atom. The largest absolute Gasteiger partial charge is 0.249 e. The van der Waals surface area contributed by atoms with Gasteiger partial charge in [0.05, 0.1) is 15.0 Å². The van der Waals surface area contributed by atoms with Crippen LogP contribution in [0.4, 0.5) is 0 Å². The molecule has 31 heavy (non-hydrogen) atoms. The number of hydrogen-bond acceptors (Lipinski definition) is 7. The molecule has 3 heterocycles. The third kappa shape index (κ3) is 7.14. The maximum atomic E-state index is 12.3. The summed E-state index contributed by atoms with van der Waals surface area (Å²) in [5.74, 6) is 0.745. The number of aromatic nitrogens is 2. The van der Waals surface area contributed by atoms with E-state index in [1.165, 1.54) is 6.26 Å². The van der Waals surface area contributed by atoms with Gasteiger partial charge >= 0.3 is 0 Å². The third-order valence-corrected chi connectivity index (χ3v) is 10.6. The lowest BCUT2D eigenvalue weighted by Crippen LogP contribution is -2.18. The van der Waals surface area contributed by atoms with Crippen molar-refractivity contribution in [3.05, 3.63) is 58.1 Å². The van der Waals surface area contributed by atoms with E-state index in [0.29, 0.717) is 10.3 Å². The quantitative estimate of drug-likeness (QED) is 0.436. The summed E-state index contributed by atoms with van der Waals surface area (Å²) in [6.07, 6.45) is 9.14.